The predicted molar refractivity (Wildman–Crippen MR) is 109 cm³/mol. The van der Waals surface area contributed by atoms with Crippen molar-refractivity contribution in [3.05, 3.63) is 58.1 Å². The topological polar surface area (TPSA) is 67.6 Å². The molecule has 2 fully saturated rings. The van der Waals surface area contributed by atoms with Gasteiger partial charge in [0.1, 0.15) is 41.5 Å². The van der Waals surface area contributed by atoms with Gasteiger partial charge in [0, 0.05) is 11.2 Å². The molecule has 6 rings (SSSR count). The minimum Gasteiger partial charge on any atom is -0.366 e. The van der Waals surface area contributed by atoms with Crippen LogP contribution in [-0.2, 0) is 25.6 Å². The molecule has 3 aromatic rings. The molecule has 2 saturated heterocycles. The maximum Gasteiger partial charge on any atom is 0.164 e. The summed E-state index contributed by atoms with van der Waals surface area (Å²) in [5, 5.41) is 1.86. The highest BCUT2D eigenvalue weighted by Crippen LogP contribution is 2.49. The van der Waals surface area contributed by atoms with Gasteiger partial charge in [-0.2, -0.15) is 0 Å². The Bertz CT molecular complexity index is 1150. The molecular weight excluding hydrogens is 429 g/mol. The van der Waals surface area contributed by atoms with Crippen LogP contribution in [-0.4, -0.2) is 38.6 Å². The Hall–Kier alpha value is -1.74. The van der Waals surface area contributed by atoms with Gasteiger partial charge >= 0.3 is 0 Å². The molecule has 1 aromatic carbocycles. The number of halogens is 2. The molecule has 0 saturated carbocycles. The molecular formula is C21H19Cl2N3O4. The van der Waals surface area contributed by atoms with Crippen LogP contribution in [0.4, 0.5) is 0 Å². The molecule has 9 heteroatoms. The average molecular weight is 448 g/mol. The Balaban J connectivity index is 1.41. The Labute approximate surface area is 182 Å². The number of rotatable bonds is 2. The lowest BCUT2D eigenvalue weighted by Crippen LogP contribution is -2.34. The van der Waals surface area contributed by atoms with E-state index in [1.165, 1.54) is 6.33 Å². The van der Waals surface area contributed by atoms with Crippen LogP contribution in [0, 0.1) is 0 Å². The third kappa shape index (κ3) is 2.81. The average Bonchev–Trinajstić information content (AvgIpc) is 3.43. The fraction of sp³-hybridized carbons (Fsp3) is 0.429. The highest BCUT2D eigenvalue weighted by Gasteiger charge is 2.59. The van der Waals surface area contributed by atoms with Crippen molar-refractivity contribution in [2.75, 3.05) is 0 Å². The van der Waals surface area contributed by atoms with Crippen LogP contribution in [0.1, 0.15) is 37.3 Å². The summed E-state index contributed by atoms with van der Waals surface area (Å²) in [5.74, 6) is -0.730. The number of nitrogens with zero attached hydrogens (tertiary/aromatic N) is 3. The van der Waals surface area contributed by atoms with Crippen LogP contribution in [0.3, 0.4) is 0 Å². The number of ether oxygens (including phenoxy) is 4. The van der Waals surface area contributed by atoms with Gasteiger partial charge in [0.05, 0.1) is 12.0 Å². The van der Waals surface area contributed by atoms with Crippen LogP contribution in [0.5, 0.6) is 0 Å². The summed E-state index contributed by atoms with van der Waals surface area (Å²) in [7, 11) is 0. The summed E-state index contributed by atoms with van der Waals surface area (Å²) in [5.41, 5.74) is 2.83. The summed E-state index contributed by atoms with van der Waals surface area (Å²) in [4.78, 5) is 8.47. The number of aromatic nitrogens is 3. The molecule has 0 spiro atoms. The van der Waals surface area contributed by atoms with E-state index in [4.69, 9.17) is 42.1 Å². The first-order chi connectivity index (χ1) is 14.4. The van der Waals surface area contributed by atoms with Gasteiger partial charge in [0.15, 0.2) is 12.0 Å². The lowest BCUT2D eigenvalue weighted by Gasteiger charge is -2.27. The standard InChI is InChI=1S/C21H19Cl2N3O4/c1-21(2)29-16-15(14-12-4-3-11(22)7-10(12)8-27-14)28-20(17(16)30-21)26-6-5-13-18(23)24-9-25-19(13)26/h3-7,9,14-17,20H,8H2,1-2H3/t14-,15-,16-,17-,20-/m1/s1. The third-order valence-corrected chi connectivity index (χ3v) is 6.46. The fourth-order valence-corrected chi connectivity index (χ4v) is 5.12. The summed E-state index contributed by atoms with van der Waals surface area (Å²) in [6.07, 6.45) is 1.66. The van der Waals surface area contributed by atoms with E-state index in [0.29, 0.717) is 22.4 Å². The van der Waals surface area contributed by atoms with Crippen molar-refractivity contribution >= 4 is 34.2 Å². The van der Waals surface area contributed by atoms with Crippen molar-refractivity contribution in [2.24, 2.45) is 0 Å². The number of benzene rings is 1. The van der Waals surface area contributed by atoms with Crippen LogP contribution in [0.25, 0.3) is 11.0 Å². The first kappa shape index (κ1) is 19.0. The summed E-state index contributed by atoms with van der Waals surface area (Å²) < 4.78 is 27.1. The van der Waals surface area contributed by atoms with E-state index in [2.05, 4.69) is 9.97 Å². The SMILES string of the molecule is CC1(C)O[C@H]2[C@@H](O1)[C@H](n1ccc3c(Cl)ncnc31)O[C@@H]2[C@@H]1OCc2cc(Cl)ccc21. The van der Waals surface area contributed by atoms with Crippen molar-refractivity contribution in [1.29, 1.82) is 0 Å². The molecule has 7 nitrogen and oxygen atoms in total. The van der Waals surface area contributed by atoms with E-state index >= 15 is 0 Å². The smallest absolute Gasteiger partial charge is 0.164 e. The molecule has 0 N–H and O–H groups in total. The maximum atomic E-state index is 6.54. The minimum absolute atomic E-state index is 0.271. The van der Waals surface area contributed by atoms with E-state index in [9.17, 15) is 0 Å². The van der Waals surface area contributed by atoms with E-state index in [1.807, 2.05) is 48.9 Å². The molecule has 0 amide bonds. The van der Waals surface area contributed by atoms with Crippen molar-refractivity contribution in [3.63, 3.8) is 0 Å². The Morgan fingerprint density at radius 1 is 1.07 bits per heavy atom. The molecule has 0 unspecified atom stereocenters. The van der Waals surface area contributed by atoms with Gasteiger partial charge in [0.25, 0.3) is 0 Å². The van der Waals surface area contributed by atoms with Gasteiger partial charge in [-0.25, -0.2) is 9.97 Å². The zero-order chi connectivity index (χ0) is 20.6. The van der Waals surface area contributed by atoms with Gasteiger partial charge in [0.2, 0.25) is 0 Å². The summed E-state index contributed by atoms with van der Waals surface area (Å²) in [6.45, 7) is 4.31. The van der Waals surface area contributed by atoms with Crippen LogP contribution in [0.15, 0.2) is 36.8 Å². The highest BCUT2D eigenvalue weighted by atomic mass is 35.5. The number of hydrogen-bond acceptors (Lipinski definition) is 6. The van der Waals surface area contributed by atoms with Gasteiger partial charge < -0.3 is 23.5 Å². The van der Waals surface area contributed by atoms with Crippen molar-refractivity contribution < 1.29 is 18.9 Å². The molecule has 5 atom stereocenters. The first-order valence-corrected chi connectivity index (χ1v) is 10.5. The lowest BCUT2D eigenvalue weighted by atomic mass is 9.97. The van der Waals surface area contributed by atoms with Gasteiger partial charge in [-0.3, -0.25) is 0 Å². The zero-order valence-electron chi connectivity index (χ0n) is 16.3. The lowest BCUT2D eigenvalue weighted by molar-refractivity contribution is -0.210. The Morgan fingerprint density at radius 3 is 2.77 bits per heavy atom. The second-order valence-electron chi connectivity index (χ2n) is 8.26. The monoisotopic (exact) mass is 447 g/mol. The fourth-order valence-electron chi connectivity index (χ4n) is 4.74. The van der Waals surface area contributed by atoms with Crippen molar-refractivity contribution in [1.82, 2.24) is 14.5 Å². The minimum atomic E-state index is -0.730. The van der Waals surface area contributed by atoms with E-state index in [1.54, 1.807) is 0 Å². The van der Waals surface area contributed by atoms with Crippen LogP contribution >= 0.6 is 23.2 Å². The molecule has 3 aliphatic rings. The van der Waals surface area contributed by atoms with Crippen LogP contribution in [0.2, 0.25) is 10.2 Å². The quantitative estimate of drug-likeness (QED) is 0.541. The molecule has 5 heterocycles. The molecule has 0 aliphatic carbocycles. The van der Waals surface area contributed by atoms with Gasteiger partial charge in [-0.05, 0) is 43.2 Å². The van der Waals surface area contributed by atoms with Crippen molar-refractivity contribution in [3.8, 4) is 0 Å². The second kappa shape index (κ2) is 6.63. The molecule has 0 bridgehead atoms. The Kier molecular flexibility index (Phi) is 4.19. The second-order valence-corrected chi connectivity index (χ2v) is 9.05. The highest BCUT2D eigenvalue weighted by molar-refractivity contribution is 6.33. The number of fused-ring (bicyclic) bond motifs is 3. The summed E-state index contributed by atoms with van der Waals surface area (Å²) >= 11 is 12.4. The van der Waals surface area contributed by atoms with Crippen LogP contribution < -0.4 is 0 Å². The van der Waals surface area contributed by atoms with Crippen molar-refractivity contribution in [2.45, 2.75) is 56.9 Å². The van der Waals surface area contributed by atoms with E-state index in [0.717, 1.165) is 16.5 Å². The predicted octanol–water partition coefficient (Wildman–Crippen LogP) is 4.43. The largest absolute Gasteiger partial charge is 0.366 e. The third-order valence-electron chi connectivity index (χ3n) is 5.93. The molecule has 0 radical (unpaired) electrons. The number of hydrogen-bond donors (Lipinski definition) is 0. The molecule has 2 aromatic heterocycles. The Morgan fingerprint density at radius 2 is 1.90 bits per heavy atom. The summed E-state index contributed by atoms with van der Waals surface area (Å²) in [6, 6.07) is 7.70. The normalized spacial score (nSPS) is 31.9. The van der Waals surface area contributed by atoms with E-state index < -0.39 is 12.0 Å². The maximum absolute atomic E-state index is 6.54. The van der Waals surface area contributed by atoms with Gasteiger partial charge in [-0.1, -0.05) is 29.3 Å². The van der Waals surface area contributed by atoms with Gasteiger partial charge in [-0.15, -0.1) is 0 Å². The zero-order valence-corrected chi connectivity index (χ0v) is 17.8. The molecule has 3 aliphatic heterocycles. The molecule has 156 valence electrons. The first-order valence-electron chi connectivity index (χ1n) is 9.79. The molecule has 30 heavy (non-hydrogen) atoms. The van der Waals surface area contributed by atoms with E-state index in [-0.39, 0.29) is 24.4 Å².